The number of carbonyl (C=O) groups is 1. The summed E-state index contributed by atoms with van der Waals surface area (Å²) in [7, 11) is 1.49. The second kappa shape index (κ2) is 11.3. The van der Waals surface area contributed by atoms with Gasteiger partial charge in [0.2, 0.25) is 0 Å². The Balaban J connectivity index is 1.65. The number of thiazole rings is 1. The van der Waals surface area contributed by atoms with Crippen LogP contribution < -0.4 is 24.8 Å². The average molecular weight is 554 g/mol. The van der Waals surface area contributed by atoms with Crippen molar-refractivity contribution < 1.29 is 13.9 Å². The molecule has 39 heavy (non-hydrogen) atoms. The summed E-state index contributed by atoms with van der Waals surface area (Å²) < 4.78 is 13.1. The highest BCUT2D eigenvalue weighted by molar-refractivity contribution is 7.07. The van der Waals surface area contributed by atoms with Crippen molar-refractivity contribution in [3.05, 3.63) is 121 Å². The Morgan fingerprint density at radius 3 is 2.46 bits per heavy atom. The molecule has 2 heterocycles. The van der Waals surface area contributed by atoms with Crippen LogP contribution in [0.1, 0.15) is 5.76 Å². The minimum absolute atomic E-state index is 0.192. The van der Waals surface area contributed by atoms with Crippen LogP contribution in [0.2, 0.25) is 5.02 Å². The van der Waals surface area contributed by atoms with Gasteiger partial charge in [-0.15, -0.1) is 11.3 Å². The Kier molecular flexibility index (Phi) is 7.46. The van der Waals surface area contributed by atoms with Crippen LogP contribution in [0.4, 0.5) is 5.69 Å². The number of hydrogen-bond acceptors (Lipinski definition) is 6. The van der Waals surface area contributed by atoms with Gasteiger partial charge in [-0.2, -0.15) is 5.26 Å². The lowest BCUT2D eigenvalue weighted by atomic mass is 10.2. The van der Waals surface area contributed by atoms with Crippen LogP contribution in [-0.4, -0.2) is 17.6 Å². The maximum atomic E-state index is 13.6. The second-order valence-corrected chi connectivity index (χ2v) is 9.71. The molecule has 0 aliphatic heterocycles. The number of amides is 1. The predicted octanol–water partition coefficient (Wildman–Crippen LogP) is 4.96. The molecule has 5 rings (SSSR count). The van der Waals surface area contributed by atoms with E-state index < -0.39 is 5.91 Å². The fourth-order valence-electron chi connectivity index (χ4n) is 3.92. The molecule has 0 fully saturated rings. The molecule has 3 aromatic carbocycles. The zero-order valence-electron chi connectivity index (χ0n) is 20.6. The number of nitrogens with zero attached hydrogens (tertiary/aromatic N) is 2. The molecule has 7 nitrogen and oxygen atoms in total. The van der Waals surface area contributed by atoms with Gasteiger partial charge >= 0.3 is 0 Å². The topological polar surface area (TPSA) is 97.3 Å². The van der Waals surface area contributed by atoms with Crippen molar-refractivity contribution in [3.63, 3.8) is 0 Å². The summed E-state index contributed by atoms with van der Waals surface area (Å²) in [4.78, 5) is 26.9. The third-order valence-electron chi connectivity index (χ3n) is 5.77. The van der Waals surface area contributed by atoms with Crippen LogP contribution in [0, 0.1) is 11.3 Å². The highest BCUT2D eigenvalue weighted by atomic mass is 35.5. The van der Waals surface area contributed by atoms with E-state index in [1.165, 1.54) is 11.7 Å². The van der Waals surface area contributed by atoms with Crippen LogP contribution in [0.5, 0.6) is 5.75 Å². The zero-order chi connectivity index (χ0) is 27.4. The number of rotatable bonds is 6. The van der Waals surface area contributed by atoms with E-state index in [0.29, 0.717) is 38.2 Å². The van der Waals surface area contributed by atoms with Crippen LogP contribution in [0.3, 0.4) is 0 Å². The molecule has 5 aromatic rings. The third kappa shape index (κ3) is 5.41. The maximum absolute atomic E-state index is 13.6. The van der Waals surface area contributed by atoms with Crippen molar-refractivity contribution >= 4 is 46.2 Å². The van der Waals surface area contributed by atoms with E-state index in [0.717, 1.165) is 16.9 Å². The summed E-state index contributed by atoms with van der Waals surface area (Å²) in [6.07, 6.45) is 1.60. The van der Waals surface area contributed by atoms with E-state index in [4.69, 9.17) is 20.8 Å². The largest absolute Gasteiger partial charge is 0.495 e. The molecular formula is C30H20ClN3O4S. The Morgan fingerprint density at radius 1 is 1.03 bits per heavy atom. The van der Waals surface area contributed by atoms with Gasteiger partial charge in [-0.05, 0) is 60.7 Å². The van der Waals surface area contributed by atoms with Crippen molar-refractivity contribution in [1.29, 1.82) is 5.26 Å². The van der Waals surface area contributed by atoms with Crippen LogP contribution in [0.25, 0.3) is 28.7 Å². The summed E-state index contributed by atoms with van der Waals surface area (Å²) in [5.41, 5.74) is 1.16. The van der Waals surface area contributed by atoms with Crippen molar-refractivity contribution in [2.75, 3.05) is 12.4 Å². The highest BCUT2D eigenvalue weighted by Crippen LogP contribution is 2.25. The first kappa shape index (κ1) is 25.8. The van der Waals surface area contributed by atoms with Crippen molar-refractivity contribution in [2.45, 2.75) is 0 Å². The Morgan fingerprint density at radius 2 is 1.74 bits per heavy atom. The standard InChI is InChI=1S/C30H20ClN3O4S/c1-37-26-10-6-5-9-24(26)33-28(35)23(18-32)30-34(21-7-3-2-4-8-21)29(36)27(39-30)17-22-15-16-25(38-22)19-11-13-20(31)14-12-19/h2-17H,1H3,(H,33,35). The molecular weight excluding hydrogens is 534 g/mol. The van der Waals surface area contributed by atoms with Crippen LogP contribution in [-0.2, 0) is 4.79 Å². The molecule has 0 radical (unpaired) electrons. The molecule has 0 spiro atoms. The molecule has 2 aromatic heterocycles. The summed E-state index contributed by atoms with van der Waals surface area (Å²) in [6.45, 7) is 0. The SMILES string of the molecule is COc1ccccc1NC(=O)C(C#N)=c1sc(=Cc2ccc(-c3ccc(Cl)cc3)o2)c(=O)n1-c1ccccc1. The highest BCUT2D eigenvalue weighted by Gasteiger charge is 2.18. The van der Waals surface area contributed by atoms with Gasteiger partial charge < -0.3 is 14.5 Å². The van der Waals surface area contributed by atoms with Gasteiger partial charge in [-0.3, -0.25) is 14.2 Å². The summed E-state index contributed by atoms with van der Waals surface area (Å²) in [5.74, 6) is 0.834. The normalized spacial score (nSPS) is 12.1. The molecule has 9 heteroatoms. The van der Waals surface area contributed by atoms with E-state index in [1.807, 2.05) is 24.3 Å². The van der Waals surface area contributed by atoms with Crippen LogP contribution in [0.15, 0.2) is 100 Å². The van der Waals surface area contributed by atoms with Gasteiger partial charge in [-0.25, -0.2) is 0 Å². The number of methoxy groups -OCH3 is 1. The number of carbonyl (C=O) groups excluding carboxylic acids is 1. The molecule has 192 valence electrons. The first-order valence-corrected chi connectivity index (χ1v) is 12.9. The summed E-state index contributed by atoms with van der Waals surface area (Å²) >= 11 is 7.01. The number of para-hydroxylation sites is 3. The van der Waals surface area contributed by atoms with Crippen molar-refractivity contribution in [1.82, 2.24) is 4.57 Å². The Labute approximate surface area is 232 Å². The van der Waals surface area contributed by atoms with Crippen molar-refractivity contribution in [3.8, 4) is 28.8 Å². The first-order valence-electron chi connectivity index (χ1n) is 11.7. The number of anilines is 1. The minimum Gasteiger partial charge on any atom is -0.495 e. The number of ether oxygens (including phenoxy) is 1. The number of hydrogen-bond donors (Lipinski definition) is 1. The quantitative estimate of drug-likeness (QED) is 0.320. The van der Waals surface area contributed by atoms with Crippen molar-refractivity contribution in [2.24, 2.45) is 0 Å². The Bertz CT molecular complexity index is 1880. The number of aromatic nitrogens is 1. The minimum atomic E-state index is -0.664. The van der Waals surface area contributed by atoms with E-state index in [-0.39, 0.29) is 15.8 Å². The maximum Gasteiger partial charge on any atom is 0.273 e. The smallest absolute Gasteiger partial charge is 0.273 e. The third-order valence-corrected chi connectivity index (χ3v) is 7.12. The first-order chi connectivity index (χ1) is 19.0. The van der Waals surface area contributed by atoms with Crippen LogP contribution >= 0.6 is 22.9 Å². The lowest BCUT2D eigenvalue weighted by molar-refractivity contribution is -0.111. The zero-order valence-corrected chi connectivity index (χ0v) is 22.1. The molecule has 0 bridgehead atoms. The number of nitriles is 1. The van der Waals surface area contributed by atoms with Gasteiger partial charge in [0.15, 0.2) is 5.57 Å². The summed E-state index contributed by atoms with van der Waals surface area (Å²) in [6, 6.07) is 28.5. The van der Waals surface area contributed by atoms with Gasteiger partial charge in [0, 0.05) is 16.7 Å². The van der Waals surface area contributed by atoms with Gasteiger partial charge in [0.1, 0.15) is 28.0 Å². The molecule has 0 saturated carbocycles. The Hall–Kier alpha value is -4.84. The van der Waals surface area contributed by atoms with Gasteiger partial charge in [-0.1, -0.05) is 41.9 Å². The summed E-state index contributed by atoms with van der Waals surface area (Å²) in [5, 5.41) is 13.4. The molecule has 1 N–H and O–H groups in total. The molecule has 0 aliphatic rings. The fourth-order valence-corrected chi connectivity index (χ4v) is 5.13. The number of benzene rings is 3. The lowest BCUT2D eigenvalue weighted by Gasteiger charge is -2.09. The number of nitrogens with one attached hydrogen (secondary N) is 1. The monoisotopic (exact) mass is 553 g/mol. The van der Waals surface area contributed by atoms with E-state index in [9.17, 15) is 14.9 Å². The van der Waals surface area contributed by atoms with Gasteiger partial charge in [0.25, 0.3) is 11.5 Å². The average Bonchev–Trinajstić information content (AvgIpc) is 3.55. The predicted molar refractivity (Wildman–Crippen MR) is 153 cm³/mol. The second-order valence-electron chi connectivity index (χ2n) is 8.24. The number of furan rings is 1. The molecule has 0 atom stereocenters. The van der Waals surface area contributed by atoms with Gasteiger partial charge in [0.05, 0.1) is 23.0 Å². The number of halogens is 1. The fraction of sp³-hybridized carbons (Fsp3) is 0.0333. The molecule has 1 amide bonds. The van der Waals surface area contributed by atoms with E-state index in [2.05, 4.69) is 5.32 Å². The van der Waals surface area contributed by atoms with E-state index >= 15 is 0 Å². The molecule has 0 unspecified atom stereocenters. The lowest BCUT2D eigenvalue weighted by Crippen LogP contribution is -2.32. The van der Waals surface area contributed by atoms with E-state index in [1.54, 1.807) is 78.9 Å². The molecule has 0 saturated heterocycles. The molecule has 0 aliphatic carbocycles.